The summed E-state index contributed by atoms with van der Waals surface area (Å²) in [6.45, 7) is 0. The van der Waals surface area contributed by atoms with E-state index in [1.54, 1.807) is 24.3 Å². The van der Waals surface area contributed by atoms with Gasteiger partial charge in [0.15, 0.2) is 0 Å². The third-order valence-electron chi connectivity index (χ3n) is 3.22. The molecule has 0 aliphatic heterocycles. The summed E-state index contributed by atoms with van der Waals surface area (Å²) in [7, 11) is 1.51. The van der Waals surface area contributed by atoms with Crippen molar-refractivity contribution in [1.29, 1.82) is 0 Å². The summed E-state index contributed by atoms with van der Waals surface area (Å²) in [5, 5.41) is 13.4. The van der Waals surface area contributed by atoms with Crippen LogP contribution in [0.25, 0.3) is 0 Å². The largest absolute Gasteiger partial charge is 0.497 e. The van der Waals surface area contributed by atoms with E-state index in [0.29, 0.717) is 11.5 Å². The van der Waals surface area contributed by atoms with Crippen LogP contribution in [0.2, 0.25) is 0 Å². The Labute approximate surface area is 163 Å². The van der Waals surface area contributed by atoms with E-state index in [-0.39, 0.29) is 11.3 Å². The fourth-order valence-electron chi connectivity index (χ4n) is 1.99. The third kappa shape index (κ3) is 5.14. The lowest BCUT2D eigenvalue weighted by Gasteiger charge is -2.26. The summed E-state index contributed by atoms with van der Waals surface area (Å²) in [5.74, 6) is 0.0684. The Balaban J connectivity index is 2.23. The van der Waals surface area contributed by atoms with Crippen LogP contribution >= 0.6 is 34.8 Å². The van der Waals surface area contributed by atoms with E-state index in [9.17, 15) is 14.9 Å². The monoisotopic (exact) mass is 418 g/mol. The number of amides is 1. The maximum Gasteiger partial charge on any atom is 0.282 e. The van der Waals surface area contributed by atoms with Gasteiger partial charge in [0.05, 0.1) is 12.0 Å². The molecule has 0 aliphatic carbocycles. The lowest BCUT2D eigenvalue weighted by atomic mass is 10.1. The highest BCUT2D eigenvalue weighted by atomic mass is 35.6. The second-order valence-electron chi connectivity index (χ2n) is 4.96. The quantitative estimate of drug-likeness (QED) is 0.329. The van der Waals surface area contributed by atoms with Crippen molar-refractivity contribution in [2.45, 2.75) is 10.0 Å². The van der Waals surface area contributed by atoms with E-state index < -0.39 is 20.9 Å². The summed E-state index contributed by atoms with van der Waals surface area (Å²) in [4.78, 5) is 22.8. The van der Waals surface area contributed by atoms with Crippen LogP contribution in [-0.4, -0.2) is 28.0 Å². The first kappa shape index (κ1) is 20.1. The topological polar surface area (TPSA) is 90.7 Å². The average molecular weight is 420 g/mol. The Hall–Kier alpha value is -2.22. The minimum atomic E-state index is -2.03. The number of hydrogen-bond acceptors (Lipinski definition) is 5. The van der Waals surface area contributed by atoms with Gasteiger partial charge in [0.1, 0.15) is 17.1 Å². The van der Waals surface area contributed by atoms with Gasteiger partial charge >= 0.3 is 0 Å². The minimum Gasteiger partial charge on any atom is -0.497 e. The lowest BCUT2D eigenvalue weighted by Crippen LogP contribution is -2.47. The maximum absolute atomic E-state index is 12.4. The predicted octanol–water partition coefficient (Wildman–Crippen LogP) is 4.11. The number of nitrogens with one attached hydrogen (secondary N) is 1. The number of para-hydroxylation sites is 1. The average Bonchev–Trinajstić information content (AvgIpc) is 2.60. The van der Waals surface area contributed by atoms with E-state index in [2.05, 4.69) is 5.32 Å². The van der Waals surface area contributed by atoms with Crippen molar-refractivity contribution < 1.29 is 19.2 Å². The van der Waals surface area contributed by atoms with Gasteiger partial charge in [0.25, 0.3) is 11.6 Å². The molecule has 0 heterocycles. The summed E-state index contributed by atoms with van der Waals surface area (Å²) >= 11 is 17.6. The number of benzene rings is 2. The molecule has 138 valence electrons. The molecule has 1 amide bonds. The summed E-state index contributed by atoms with van der Waals surface area (Å²) in [6.07, 6.45) is -1.40. The summed E-state index contributed by atoms with van der Waals surface area (Å²) < 4.78 is 8.52. The van der Waals surface area contributed by atoms with Crippen molar-refractivity contribution in [3.8, 4) is 11.5 Å². The molecule has 0 fully saturated rings. The smallest absolute Gasteiger partial charge is 0.282 e. The van der Waals surface area contributed by atoms with Gasteiger partial charge in [-0.25, -0.2) is 0 Å². The molecular formula is C16H13Cl3N2O5. The van der Waals surface area contributed by atoms with E-state index in [4.69, 9.17) is 44.3 Å². The Kier molecular flexibility index (Phi) is 6.52. The lowest BCUT2D eigenvalue weighted by molar-refractivity contribution is -0.385. The highest BCUT2D eigenvalue weighted by molar-refractivity contribution is 6.68. The number of halogens is 3. The van der Waals surface area contributed by atoms with Crippen LogP contribution in [0.3, 0.4) is 0 Å². The van der Waals surface area contributed by atoms with Crippen molar-refractivity contribution in [1.82, 2.24) is 5.32 Å². The van der Waals surface area contributed by atoms with Crippen LogP contribution in [0.15, 0.2) is 48.5 Å². The Morgan fingerprint density at radius 2 is 1.69 bits per heavy atom. The number of methoxy groups -OCH3 is 1. The van der Waals surface area contributed by atoms with Gasteiger partial charge in [0, 0.05) is 6.07 Å². The minimum absolute atomic E-state index is 0.185. The maximum atomic E-state index is 12.4. The van der Waals surface area contributed by atoms with Crippen molar-refractivity contribution in [2.75, 3.05) is 7.11 Å². The molecule has 0 radical (unpaired) electrons. The molecule has 2 aromatic rings. The second-order valence-corrected chi connectivity index (χ2v) is 7.33. The molecule has 0 bridgehead atoms. The van der Waals surface area contributed by atoms with Gasteiger partial charge < -0.3 is 14.8 Å². The molecule has 1 unspecified atom stereocenters. The third-order valence-corrected chi connectivity index (χ3v) is 3.81. The van der Waals surface area contributed by atoms with Crippen LogP contribution in [0, 0.1) is 10.1 Å². The SMILES string of the molecule is COc1ccc(OC(NC(=O)c2ccccc2[N+](=O)[O-])C(Cl)(Cl)Cl)cc1. The van der Waals surface area contributed by atoms with E-state index in [1.165, 1.54) is 31.4 Å². The molecule has 0 saturated heterocycles. The molecule has 0 aromatic heterocycles. The zero-order valence-electron chi connectivity index (χ0n) is 13.3. The van der Waals surface area contributed by atoms with Gasteiger partial charge in [-0.05, 0) is 30.3 Å². The zero-order chi connectivity index (χ0) is 19.3. The molecule has 10 heteroatoms. The van der Waals surface area contributed by atoms with Crippen LogP contribution < -0.4 is 14.8 Å². The first-order chi connectivity index (χ1) is 12.2. The van der Waals surface area contributed by atoms with E-state index in [1.807, 2.05) is 0 Å². The van der Waals surface area contributed by atoms with Crippen molar-refractivity contribution in [3.63, 3.8) is 0 Å². The first-order valence-electron chi connectivity index (χ1n) is 7.14. The summed E-state index contributed by atoms with van der Waals surface area (Å²) in [6, 6.07) is 11.8. The number of carbonyl (C=O) groups is 1. The molecule has 1 atom stereocenters. The zero-order valence-corrected chi connectivity index (χ0v) is 15.6. The molecule has 0 saturated carbocycles. The predicted molar refractivity (Wildman–Crippen MR) is 98.3 cm³/mol. The Morgan fingerprint density at radius 1 is 1.12 bits per heavy atom. The molecule has 2 rings (SSSR count). The molecule has 1 N–H and O–H groups in total. The van der Waals surface area contributed by atoms with Crippen LogP contribution in [0.4, 0.5) is 5.69 Å². The van der Waals surface area contributed by atoms with E-state index >= 15 is 0 Å². The van der Waals surface area contributed by atoms with Crippen molar-refractivity contribution in [2.24, 2.45) is 0 Å². The number of nitro groups is 1. The van der Waals surface area contributed by atoms with Crippen LogP contribution in [-0.2, 0) is 0 Å². The highest BCUT2D eigenvalue weighted by Gasteiger charge is 2.37. The molecule has 0 aliphatic rings. The van der Waals surface area contributed by atoms with Gasteiger partial charge in [-0.3, -0.25) is 14.9 Å². The Bertz CT molecular complexity index is 793. The van der Waals surface area contributed by atoms with Crippen molar-refractivity contribution in [3.05, 3.63) is 64.2 Å². The second kappa shape index (κ2) is 8.44. The number of rotatable bonds is 6. The fraction of sp³-hybridized carbons (Fsp3) is 0.188. The molecular weight excluding hydrogens is 407 g/mol. The van der Waals surface area contributed by atoms with Gasteiger partial charge in [-0.2, -0.15) is 0 Å². The molecule has 7 nitrogen and oxygen atoms in total. The molecule has 26 heavy (non-hydrogen) atoms. The van der Waals surface area contributed by atoms with E-state index in [0.717, 1.165) is 0 Å². The fourth-order valence-corrected chi connectivity index (χ4v) is 2.29. The number of carbonyl (C=O) groups excluding carboxylic acids is 1. The number of hydrogen-bond donors (Lipinski definition) is 1. The van der Waals surface area contributed by atoms with Crippen LogP contribution in [0.5, 0.6) is 11.5 Å². The highest BCUT2D eigenvalue weighted by Crippen LogP contribution is 2.33. The number of nitro benzene ring substituents is 1. The molecule has 2 aromatic carbocycles. The number of alkyl halides is 3. The van der Waals surface area contributed by atoms with Gasteiger partial charge in [0.2, 0.25) is 10.0 Å². The molecule has 0 spiro atoms. The van der Waals surface area contributed by atoms with Crippen molar-refractivity contribution >= 4 is 46.4 Å². The first-order valence-corrected chi connectivity index (χ1v) is 8.27. The summed E-state index contributed by atoms with van der Waals surface area (Å²) in [5.41, 5.74) is -0.562. The normalized spacial score (nSPS) is 12.2. The standard InChI is InChI=1S/C16H13Cl3N2O5/c1-25-10-6-8-11(9-7-10)26-15(16(17,18)19)20-14(22)12-4-2-3-5-13(12)21(23)24/h2-9,15H,1H3,(H,20,22). The van der Waals surface area contributed by atoms with Gasteiger partial charge in [-0.1, -0.05) is 46.9 Å². The van der Waals surface area contributed by atoms with Crippen LogP contribution in [0.1, 0.15) is 10.4 Å². The number of ether oxygens (including phenoxy) is 2. The Morgan fingerprint density at radius 3 is 2.23 bits per heavy atom. The van der Waals surface area contributed by atoms with Gasteiger partial charge in [-0.15, -0.1) is 0 Å². The number of nitrogens with zero attached hydrogens (tertiary/aromatic N) is 1.